The normalized spacial score (nSPS) is 14.3. The molecule has 7 heteroatoms. The minimum absolute atomic E-state index is 0.104. The van der Waals surface area contributed by atoms with Crippen molar-refractivity contribution < 1.29 is 9.53 Å². The van der Waals surface area contributed by atoms with Gasteiger partial charge in [0.1, 0.15) is 11.9 Å². The van der Waals surface area contributed by atoms with Gasteiger partial charge in [-0.3, -0.25) is 9.59 Å². The molecular weight excluding hydrogens is 332 g/mol. The molecule has 1 aliphatic heterocycles. The molecule has 0 radical (unpaired) electrons. The fourth-order valence-electron chi connectivity index (χ4n) is 2.16. The van der Waals surface area contributed by atoms with E-state index in [-0.39, 0.29) is 18.1 Å². The minimum atomic E-state index is -0.436. The lowest BCUT2D eigenvalue weighted by Crippen LogP contribution is -2.20. The summed E-state index contributed by atoms with van der Waals surface area (Å²) in [5.41, 5.74) is 2.41. The first-order chi connectivity index (χ1) is 11.1. The van der Waals surface area contributed by atoms with Crippen LogP contribution in [0.3, 0.4) is 0 Å². The highest BCUT2D eigenvalue weighted by Gasteiger charge is 2.21. The molecule has 1 aromatic carbocycles. The van der Waals surface area contributed by atoms with E-state index in [4.69, 9.17) is 4.74 Å². The molecular formula is C16H16N2O3S2. The number of aromatic amines is 1. The Labute approximate surface area is 142 Å². The number of nitrogens with one attached hydrogen (secondary N) is 1. The number of H-pyrrole nitrogens is 1. The van der Waals surface area contributed by atoms with Crippen molar-refractivity contribution in [3.8, 4) is 0 Å². The molecule has 5 nitrogen and oxygen atoms in total. The molecule has 1 aliphatic rings. The van der Waals surface area contributed by atoms with Gasteiger partial charge in [0.05, 0.1) is 5.69 Å². The van der Waals surface area contributed by atoms with E-state index in [0.717, 1.165) is 22.6 Å². The van der Waals surface area contributed by atoms with Gasteiger partial charge in [-0.05, 0) is 12.5 Å². The summed E-state index contributed by atoms with van der Waals surface area (Å²) in [6.45, 7) is 2.00. The second-order valence-corrected chi connectivity index (χ2v) is 7.46. The topological polar surface area (TPSA) is 72.0 Å². The number of carbonyl (C=O) groups excluding carboxylic acids is 1. The highest BCUT2D eigenvalue weighted by molar-refractivity contribution is 8.00. The molecule has 2 heterocycles. The molecule has 23 heavy (non-hydrogen) atoms. The largest absolute Gasteiger partial charge is 0.460 e. The molecule has 0 saturated heterocycles. The van der Waals surface area contributed by atoms with Crippen LogP contribution in [-0.2, 0) is 27.6 Å². The van der Waals surface area contributed by atoms with Crippen molar-refractivity contribution in [1.82, 2.24) is 9.97 Å². The van der Waals surface area contributed by atoms with Crippen molar-refractivity contribution in [2.75, 3.05) is 0 Å². The number of ether oxygens (including phenoxy) is 1. The number of thioether (sulfide) groups is 2. The number of aromatic nitrogens is 2. The average Bonchev–Trinajstić information content (AvgIpc) is 3.02. The van der Waals surface area contributed by atoms with Crippen molar-refractivity contribution >= 4 is 29.5 Å². The van der Waals surface area contributed by atoms with E-state index in [1.807, 2.05) is 30.3 Å². The Kier molecular flexibility index (Phi) is 5.07. The van der Waals surface area contributed by atoms with Crippen LogP contribution in [0.1, 0.15) is 23.7 Å². The molecule has 0 aliphatic carbocycles. The molecule has 3 rings (SSSR count). The maximum atomic E-state index is 12.1. The molecule has 1 aromatic heterocycles. The summed E-state index contributed by atoms with van der Waals surface area (Å²) in [6, 6.07) is 9.53. The first-order valence-electron chi connectivity index (χ1n) is 7.20. The quantitative estimate of drug-likeness (QED) is 0.509. The first kappa shape index (κ1) is 16.1. The van der Waals surface area contributed by atoms with Gasteiger partial charge in [-0.2, -0.15) is 11.8 Å². The van der Waals surface area contributed by atoms with E-state index in [1.165, 1.54) is 11.8 Å². The molecule has 0 bridgehead atoms. The second kappa shape index (κ2) is 7.23. The van der Waals surface area contributed by atoms with Crippen LogP contribution in [0.4, 0.5) is 0 Å². The number of fused-ring (bicyclic) bond motifs is 1. The second-order valence-electron chi connectivity index (χ2n) is 5.14. The van der Waals surface area contributed by atoms with Crippen molar-refractivity contribution in [3.63, 3.8) is 0 Å². The number of hydrogen-bond donors (Lipinski definition) is 1. The smallest absolute Gasteiger partial charge is 0.319 e. The lowest BCUT2D eigenvalue weighted by molar-refractivity contribution is -0.143. The summed E-state index contributed by atoms with van der Waals surface area (Å²) in [5.74, 6) is 1.13. The third-order valence-electron chi connectivity index (χ3n) is 3.41. The molecule has 0 spiro atoms. The van der Waals surface area contributed by atoms with E-state index >= 15 is 0 Å². The lowest BCUT2D eigenvalue weighted by Gasteiger charge is -2.11. The minimum Gasteiger partial charge on any atom is -0.460 e. The van der Waals surface area contributed by atoms with Crippen LogP contribution in [0.5, 0.6) is 0 Å². The number of nitrogens with zero attached hydrogens (tertiary/aromatic N) is 1. The fraction of sp³-hybridized carbons (Fsp3) is 0.312. The van der Waals surface area contributed by atoms with Gasteiger partial charge in [-0.15, -0.1) is 0 Å². The summed E-state index contributed by atoms with van der Waals surface area (Å²) in [7, 11) is 0. The van der Waals surface area contributed by atoms with Crippen molar-refractivity contribution in [2.24, 2.45) is 0 Å². The monoisotopic (exact) mass is 348 g/mol. The molecule has 1 atom stereocenters. The van der Waals surface area contributed by atoms with Gasteiger partial charge in [0, 0.05) is 17.1 Å². The summed E-state index contributed by atoms with van der Waals surface area (Å²) in [6.07, 6.45) is 0. The fourth-order valence-corrected chi connectivity index (χ4v) is 4.01. The molecule has 0 fully saturated rings. The molecule has 120 valence electrons. The number of benzene rings is 1. The third kappa shape index (κ3) is 3.97. The standard InChI is InChI=1S/C16H16N2O3S2/c1-10(15(20)21-7-11-5-3-2-4-6-11)23-16-17-13-9-22-8-12(13)14(19)18-16/h2-6,10H,7-9H2,1H3,(H,17,18,19). The molecule has 1 N–H and O–H groups in total. The SMILES string of the molecule is CC(Sc1nc2c(c(=O)[nH]1)CSC2)C(=O)OCc1ccccc1. The Hall–Kier alpha value is -1.73. The summed E-state index contributed by atoms with van der Waals surface area (Å²) in [4.78, 5) is 31.2. The predicted molar refractivity (Wildman–Crippen MR) is 91.4 cm³/mol. The predicted octanol–water partition coefficient (Wildman–Crippen LogP) is 2.74. The van der Waals surface area contributed by atoms with Gasteiger partial charge in [-0.25, -0.2) is 4.98 Å². The van der Waals surface area contributed by atoms with Crippen LogP contribution in [0, 0.1) is 0 Å². The van der Waals surface area contributed by atoms with Crippen LogP contribution in [0.15, 0.2) is 40.3 Å². The maximum absolute atomic E-state index is 12.1. The Balaban J connectivity index is 1.60. The number of rotatable bonds is 5. The van der Waals surface area contributed by atoms with Gasteiger partial charge in [-0.1, -0.05) is 42.1 Å². The maximum Gasteiger partial charge on any atom is 0.319 e. The van der Waals surface area contributed by atoms with Crippen LogP contribution in [0.2, 0.25) is 0 Å². The molecule has 1 unspecified atom stereocenters. The highest BCUT2D eigenvalue weighted by Crippen LogP contribution is 2.28. The first-order valence-corrected chi connectivity index (χ1v) is 9.24. The van der Waals surface area contributed by atoms with Gasteiger partial charge in [0.2, 0.25) is 0 Å². The summed E-state index contributed by atoms with van der Waals surface area (Å²) < 4.78 is 5.30. The average molecular weight is 348 g/mol. The van der Waals surface area contributed by atoms with Gasteiger partial charge < -0.3 is 9.72 Å². The number of carbonyl (C=O) groups is 1. The Morgan fingerprint density at radius 3 is 2.96 bits per heavy atom. The molecule has 0 saturated carbocycles. The van der Waals surface area contributed by atoms with Gasteiger partial charge in [0.25, 0.3) is 5.56 Å². The van der Waals surface area contributed by atoms with Crippen molar-refractivity contribution in [2.45, 2.75) is 35.4 Å². The Morgan fingerprint density at radius 2 is 2.17 bits per heavy atom. The van der Waals surface area contributed by atoms with E-state index in [1.54, 1.807) is 18.7 Å². The van der Waals surface area contributed by atoms with Crippen LogP contribution >= 0.6 is 23.5 Å². The third-order valence-corrected chi connectivity index (χ3v) is 5.34. The summed E-state index contributed by atoms with van der Waals surface area (Å²) in [5, 5.41) is 0.0365. The zero-order valence-corrected chi connectivity index (χ0v) is 14.2. The van der Waals surface area contributed by atoms with E-state index in [2.05, 4.69) is 9.97 Å². The lowest BCUT2D eigenvalue weighted by atomic mass is 10.2. The Bertz CT molecular complexity index is 762. The van der Waals surface area contributed by atoms with Crippen molar-refractivity contribution in [3.05, 3.63) is 57.5 Å². The molecule has 2 aromatic rings. The highest BCUT2D eigenvalue weighted by atomic mass is 32.2. The van der Waals surface area contributed by atoms with Gasteiger partial charge in [0.15, 0.2) is 5.16 Å². The number of esters is 1. The van der Waals surface area contributed by atoms with Gasteiger partial charge >= 0.3 is 5.97 Å². The van der Waals surface area contributed by atoms with E-state index in [9.17, 15) is 9.59 Å². The molecule has 0 amide bonds. The Morgan fingerprint density at radius 1 is 1.39 bits per heavy atom. The zero-order valence-electron chi connectivity index (χ0n) is 12.6. The zero-order chi connectivity index (χ0) is 16.2. The van der Waals surface area contributed by atoms with Crippen LogP contribution < -0.4 is 5.56 Å². The van der Waals surface area contributed by atoms with E-state index < -0.39 is 5.25 Å². The summed E-state index contributed by atoms with van der Waals surface area (Å²) >= 11 is 2.89. The van der Waals surface area contributed by atoms with Crippen LogP contribution in [-0.4, -0.2) is 21.2 Å². The van der Waals surface area contributed by atoms with Crippen LogP contribution in [0.25, 0.3) is 0 Å². The van der Waals surface area contributed by atoms with E-state index in [0.29, 0.717) is 10.9 Å². The number of hydrogen-bond acceptors (Lipinski definition) is 6. The van der Waals surface area contributed by atoms with Crippen molar-refractivity contribution in [1.29, 1.82) is 0 Å².